The van der Waals surface area contributed by atoms with Gasteiger partial charge in [0.05, 0.1) is 19.8 Å². The van der Waals surface area contributed by atoms with Crippen LogP contribution in [0.3, 0.4) is 0 Å². The quantitative estimate of drug-likeness (QED) is 0.462. The molecule has 0 bridgehead atoms. The molecule has 178 valence electrons. The Morgan fingerprint density at radius 2 is 1.82 bits per heavy atom. The highest BCUT2D eigenvalue weighted by molar-refractivity contribution is 6.12. The van der Waals surface area contributed by atoms with Crippen LogP contribution in [0.2, 0.25) is 0 Å². The minimum atomic E-state index is -4.66. The van der Waals surface area contributed by atoms with Crippen molar-refractivity contribution in [2.45, 2.75) is 31.9 Å². The van der Waals surface area contributed by atoms with Gasteiger partial charge in [0.15, 0.2) is 5.41 Å². The van der Waals surface area contributed by atoms with E-state index in [-0.39, 0.29) is 30.8 Å². The molecule has 9 heteroatoms. The Kier molecular flexibility index (Phi) is 7.02. The molecule has 0 spiro atoms. The van der Waals surface area contributed by atoms with Gasteiger partial charge in [-0.1, -0.05) is 31.2 Å². The summed E-state index contributed by atoms with van der Waals surface area (Å²) in [6, 6.07) is 10.4. The zero-order chi connectivity index (χ0) is 24.4. The Balaban J connectivity index is 2.43. The van der Waals surface area contributed by atoms with Gasteiger partial charge in [-0.15, -0.1) is 0 Å². The number of alkyl halides is 3. The van der Waals surface area contributed by atoms with Crippen LogP contribution in [0.25, 0.3) is 0 Å². The largest absolute Gasteiger partial charge is 0.496 e. The lowest BCUT2D eigenvalue weighted by molar-refractivity contribution is -0.160. The van der Waals surface area contributed by atoms with Crippen LogP contribution >= 0.6 is 0 Å². The van der Waals surface area contributed by atoms with E-state index in [4.69, 9.17) is 14.2 Å². The summed E-state index contributed by atoms with van der Waals surface area (Å²) < 4.78 is 57.8. The summed E-state index contributed by atoms with van der Waals surface area (Å²) in [5.41, 5.74) is -2.27. The summed E-state index contributed by atoms with van der Waals surface area (Å²) in [5.74, 6) is -2.13. The molecule has 0 radical (unpaired) electrons. The molecule has 3 rings (SSSR count). The van der Waals surface area contributed by atoms with Crippen molar-refractivity contribution in [3.05, 3.63) is 59.2 Å². The second kappa shape index (κ2) is 9.43. The fraction of sp³-hybridized carbons (Fsp3) is 0.417. The molecule has 2 atom stereocenters. The molecule has 1 aliphatic rings. The highest BCUT2D eigenvalue weighted by Gasteiger charge is 2.57. The molecular formula is C24H26F3NO5. The number of hydrogen-bond donors (Lipinski definition) is 0. The number of methoxy groups -OCH3 is 3. The van der Waals surface area contributed by atoms with Crippen molar-refractivity contribution in [1.29, 1.82) is 0 Å². The zero-order valence-electron chi connectivity index (χ0n) is 18.9. The molecule has 0 aliphatic carbocycles. The molecule has 33 heavy (non-hydrogen) atoms. The van der Waals surface area contributed by atoms with Crippen molar-refractivity contribution in [3.8, 4) is 5.75 Å². The summed E-state index contributed by atoms with van der Waals surface area (Å²) in [6.45, 7) is 1.31. The lowest BCUT2D eigenvalue weighted by Crippen LogP contribution is -2.52. The maximum Gasteiger partial charge on any atom is 0.416 e. The van der Waals surface area contributed by atoms with Crippen LogP contribution < -0.4 is 9.64 Å². The van der Waals surface area contributed by atoms with Crippen molar-refractivity contribution in [2.75, 3.05) is 33.0 Å². The summed E-state index contributed by atoms with van der Waals surface area (Å²) in [5, 5.41) is 0. The molecule has 0 aromatic heterocycles. The van der Waals surface area contributed by atoms with Crippen LogP contribution in [0.5, 0.6) is 5.75 Å². The molecule has 0 saturated carbocycles. The van der Waals surface area contributed by atoms with E-state index in [9.17, 15) is 22.8 Å². The van der Waals surface area contributed by atoms with Crippen molar-refractivity contribution in [2.24, 2.45) is 5.41 Å². The number of para-hydroxylation sites is 1. The normalized spacial score (nSPS) is 20.8. The molecule has 1 heterocycles. The van der Waals surface area contributed by atoms with Crippen LogP contribution in [0.1, 0.15) is 36.0 Å². The number of anilines is 1. The molecule has 0 saturated heterocycles. The minimum Gasteiger partial charge on any atom is -0.496 e. The Labute approximate surface area is 190 Å². The summed E-state index contributed by atoms with van der Waals surface area (Å²) in [7, 11) is 3.91. The number of esters is 1. The predicted molar refractivity (Wildman–Crippen MR) is 115 cm³/mol. The maximum absolute atomic E-state index is 14.0. The Bertz CT molecular complexity index is 1040. The number of rotatable bonds is 6. The van der Waals surface area contributed by atoms with Gasteiger partial charge in [0.2, 0.25) is 5.91 Å². The number of hydrogen-bond acceptors (Lipinski definition) is 5. The molecule has 2 unspecified atom stereocenters. The summed E-state index contributed by atoms with van der Waals surface area (Å²) >= 11 is 0. The van der Waals surface area contributed by atoms with Crippen molar-refractivity contribution < 1.29 is 37.0 Å². The average molecular weight is 465 g/mol. The van der Waals surface area contributed by atoms with Crippen LogP contribution in [0.4, 0.5) is 18.9 Å². The first kappa shape index (κ1) is 24.6. The van der Waals surface area contributed by atoms with Gasteiger partial charge in [0.1, 0.15) is 12.5 Å². The third-order valence-corrected chi connectivity index (χ3v) is 6.26. The number of ether oxygens (including phenoxy) is 3. The Morgan fingerprint density at radius 3 is 2.39 bits per heavy atom. The van der Waals surface area contributed by atoms with Gasteiger partial charge in [-0.2, -0.15) is 13.2 Å². The number of carbonyl (C=O) groups excluding carboxylic acids is 2. The molecule has 1 amide bonds. The van der Waals surface area contributed by atoms with Gasteiger partial charge >= 0.3 is 12.1 Å². The fourth-order valence-corrected chi connectivity index (χ4v) is 4.73. The third-order valence-electron chi connectivity index (χ3n) is 6.26. The second-order valence-electron chi connectivity index (χ2n) is 7.77. The molecule has 2 aromatic carbocycles. The van der Waals surface area contributed by atoms with Gasteiger partial charge in [0, 0.05) is 18.7 Å². The van der Waals surface area contributed by atoms with Gasteiger partial charge in [-0.05, 0) is 42.2 Å². The molecular weight excluding hydrogens is 439 g/mol. The standard InChI is InChI=1S/C24H26F3NO5/c1-5-23(22(30)33-4)18(15-9-6-7-12-20(15)32-3)13-16-17(24(25,26)27)10-8-11-19(16)28(14-31-2)21(23)29/h6-12,18H,5,13-14H2,1-4H3. The first-order valence-electron chi connectivity index (χ1n) is 10.4. The molecule has 0 N–H and O–H groups in total. The third kappa shape index (κ3) is 4.06. The summed E-state index contributed by atoms with van der Waals surface area (Å²) in [6.07, 6.45) is -4.90. The van der Waals surface area contributed by atoms with Gasteiger partial charge in [-0.25, -0.2) is 0 Å². The minimum absolute atomic E-state index is 0.00320. The Hall–Kier alpha value is -3.07. The number of carbonyl (C=O) groups is 2. The van der Waals surface area contributed by atoms with Crippen LogP contribution in [-0.4, -0.2) is 39.9 Å². The van der Waals surface area contributed by atoms with E-state index in [0.717, 1.165) is 18.1 Å². The van der Waals surface area contributed by atoms with E-state index in [2.05, 4.69) is 0 Å². The van der Waals surface area contributed by atoms with Gasteiger partial charge in [0.25, 0.3) is 0 Å². The van der Waals surface area contributed by atoms with Crippen molar-refractivity contribution in [1.82, 2.24) is 0 Å². The predicted octanol–water partition coefficient (Wildman–Crippen LogP) is 4.56. The van der Waals surface area contributed by atoms with E-state index in [1.807, 2.05) is 0 Å². The van der Waals surface area contributed by atoms with Crippen LogP contribution in [-0.2, 0) is 31.7 Å². The number of fused-ring (bicyclic) bond motifs is 1. The van der Waals surface area contributed by atoms with E-state index < -0.39 is 34.9 Å². The topological polar surface area (TPSA) is 65.1 Å². The van der Waals surface area contributed by atoms with Gasteiger partial charge < -0.3 is 14.2 Å². The fourth-order valence-electron chi connectivity index (χ4n) is 4.73. The van der Waals surface area contributed by atoms with E-state index in [1.165, 1.54) is 26.4 Å². The smallest absolute Gasteiger partial charge is 0.416 e. The monoisotopic (exact) mass is 465 g/mol. The Morgan fingerprint density at radius 1 is 1.12 bits per heavy atom. The average Bonchev–Trinajstić information content (AvgIpc) is 2.91. The van der Waals surface area contributed by atoms with E-state index >= 15 is 0 Å². The van der Waals surface area contributed by atoms with Crippen molar-refractivity contribution in [3.63, 3.8) is 0 Å². The maximum atomic E-state index is 14.0. The zero-order valence-corrected chi connectivity index (χ0v) is 18.9. The van der Waals surface area contributed by atoms with Crippen LogP contribution in [0.15, 0.2) is 42.5 Å². The van der Waals surface area contributed by atoms with E-state index in [0.29, 0.717) is 11.3 Å². The number of amides is 1. The van der Waals surface area contributed by atoms with E-state index in [1.54, 1.807) is 31.2 Å². The first-order valence-corrected chi connectivity index (χ1v) is 10.4. The van der Waals surface area contributed by atoms with Crippen molar-refractivity contribution >= 4 is 17.6 Å². The molecule has 2 aromatic rings. The SMILES string of the molecule is CCC1(C(=O)OC)C(=O)N(COC)c2cccc(C(F)(F)F)c2CC1c1ccccc1OC. The lowest BCUT2D eigenvalue weighted by Gasteiger charge is -2.37. The van der Waals surface area contributed by atoms with Gasteiger partial charge in [-0.3, -0.25) is 14.5 Å². The first-order chi connectivity index (χ1) is 15.7. The highest BCUT2D eigenvalue weighted by atomic mass is 19.4. The molecule has 6 nitrogen and oxygen atoms in total. The number of nitrogens with zero attached hydrogens (tertiary/aromatic N) is 1. The number of benzene rings is 2. The summed E-state index contributed by atoms with van der Waals surface area (Å²) in [4.78, 5) is 28.4. The molecule has 1 aliphatic heterocycles. The lowest BCUT2D eigenvalue weighted by atomic mass is 9.67. The second-order valence-corrected chi connectivity index (χ2v) is 7.77. The highest BCUT2D eigenvalue weighted by Crippen LogP contribution is 2.52. The van der Waals surface area contributed by atoms with Crippen LogP contribution in [0, 0.1) is 5.41 Å². The molecule has 0 fully saturated rings. The number of halogens is 3.